The number of aromatic nitrogens is 1. The van der Waals surface area contributed by atoms with Crippen LogP contribution in [0.1, 0.15) is 71.6 Å². The number of amides is 1. The Kier molecular flexibility index (Phi) is 8.58. The zero-order valence-corrected chi connectivity index (χ0v) is 25.3. The number of benzene rings is 2. The van der Waals surface area contributed by atoms with Gasteiger partial charge in [-0.05, 0) is 74.4 Å². The van der Waals surface area contributed by atoms with Gasteiger partial charge in [-0.2, -0.15) is 0 Å². The van der Waals surface area contributed by atoms with Gasteiger partial charge in [-0.15, -0.1) is 0 Å². The van der Waals surface area contributed by atoms with E-state index in [4.69, 9.17) is 9.73 Å². The standard InChI is InChI=1S/C35H38F2N4O3/c1-35(37)12-16-40(17-13-35)34(43)30-9-6-23(21-41(30)22-28-29(36)4-3-5-32(28)44-2)18-31(42)25-7-8-26-20-39-33(27(26)19-25)24-10-14-38-15-11-24/h3-5,7-8,10-11,14-15,19,23,30H,6,9,12-13,16-18,20-22H2,1-2H3/t23-,30-/m0/s1. The van der Waals surface area contributed by atoms with Crippen LogP contribution in [0.25, 0.3) is 0 Å². The maximum Gasteiger partial charge on any atom is 0.239 e. The predicted molar refractivity (Wildman–Crippen MR) is 164 cm³/mol. The lowest BCUT2D eigenvalue weighted by Crippen LogP contribution is -2.55. The number of hydrogen-bond acceptors (Lipinski definition) is 6. The number of hydrogen-bond donors (Lipinski definition) is 0. The van der Waals surface area contributed by atoms with Crippen molar-refractivity contribution in [3.05, 3.63) is 94.6 Å². The number of aliphatic imine (C=N–C) groups is 1. The number of nitrogens with zero attached hydrogens (tertiary/aromatic N) is 4. The first-order valence-electron chi connectivity index (χ1n) is 15.4. The number of fused-ring (bicyclic) bond motifs is 1. The maximum atomic E-state index is 15.0. The second-order valence-corrected chi connectivity index (χ2v) is 12.4. The summed E-state index contributed by atoms with van der Waals surface area (Å²) < 4.78 is 35.0. The number of Topliss-reactive ketones (excluding diaryl/α,β-unsaturated/α-hetero) is 1. The van der Waals surface area contributed by atoms with Crippen molar-refractivity contribution in [3.63, 3.8) is 0 Å². The van der Waals surface area contributed by atoms with Gasteiger partial charge in [-0.3, -0.25) is 24.5 Å². The molecule has 6 rings (SSSR count). The van der Waals surface area contributed by atoms with Crippen LogP contribution in [0.2, 0.25) is 0 Å². The van der Waals surface area contributed by atoms with E-state index in [-0.39, 0.29) is 24.2 Å². The van der Waals surface area contributed by atoms with E-state index < -0.39 is 17.5 Å². The van der Waals surface area contributed by atoms with Crippen LogP contribution in [-0.4, -0.2) is 70.6 Å². The van der Waals surface area contributed by atoms with Crippen molar-refractivity contribution in [2.75, 3.05) is 26.7 Å². The van der Waals surface area contributed by atoms with Gasteiger partial charge in [0.2, 0.25) is 5.91 Å². The monoisotopic (exact) mass is 600 g/mol. The van der Waals surface area contributed by atoms with Crippen molar-refractivity contribution in [1.82, 2.24) is 14.8 Å². The van der Waals surface area contributed by atoms with E-state index in [1.54, 1.807) is 36.4 Å². The van der Waals surface area contributed by atoms with E-state index in [0.29, 0.717) is 75.2 Å². The highest BCUT2D eigenvalue weighted by Gasteiger charge is 2.39. The van der Waals surface area contributed by atoms with Crippen LogP contribution in [0, 0.1) is 11.7 Å². The number of ketones is 1. The highest BCUT2D eigenvalue weighted by Crippen LogP contribution is 2.33. The number of piperidine rings is 2. The molecule has 0 bridgehead atoms. The molecule has 0 spiro atoms. The Morgan fingerprint density at radius 1 is 1.07 bits per heavy atom. The van der Waals surface area contributed by atoms with E-state index in [1.807, 2.05) is 35.2 Å². The van der Waals surface area contributed by atoms with Gasteiger partial charge >= 0.3 is 0 Å². The molecule has 0 N–H and O–H groups in total. The quantitative estimate of drug-likeness (QED) is 0.306. The topological polar surface area (TPSA) is 75.1 Å². The van der Waals surface area contributed by atoms with E-state index in [0.717, 1.165) is 22.4 Å². The molecule has 3 aliphatic heterocycles. The Morgan fingerprint density at radius 2 is 1.84 bits per heavy atom. The molecule has 1 amide bonds. The number of methoxy groups -OCH3 is 1. The Balaban J connectivity index is 1.20. The molecule has 44 heavy (non-hydrogen) atoms. The van der Waals surface area contributed by atoms with Gasteiger partial charge in [0.15, 0.2) is 5.78 Å². The third-order valence-corrected chi connectivity index (χ3v) is 9.36. The Bertz CT molecular complexity index is 1570. The van der Waals surface area contributed by atoms with E-state index in [9.17, 15) is 14.0 Å². The van der Waals surface area contributed by atoms with Crippen molar-refractivity contribution in [2.45, 2.75) is 63.8 Å². The summed E-state index contributed by atoms with van der Waals surface area (Å²) in [6.45, 7) is 3.53. The molecule has 9 heteroatoms. The average Bonchev–Trinajstić information content (AvgIpc) is 3.46. The molecule has 0 saturated carbocycles. The molecule has 0 aliphatic carbocycles. The van der Waals surface area contributed by atoms with Gasteiger partial charge in [-0.25, -0.2) is 8.78 Å². The summed E-state index contributed by atoms with van der Waals surface area (Å²) in [5.41, 5.74) is 3.64. The number of rotatable bonds is 8. The third-order valence-electron chi connectivity index (χ3n) is 9.36. The zero-order valence-electron chi connectivity index (χ0n) is 25.3. The highest BCUT2D eigenvalue weighted by atomic mass is 19.1. The first-order chi connectivity index (χ1) is 21.2. The minimum absolute atomic E-state index is 0.0126. The minimum Gasteiger partial charge on any atom is -0.496 e. The molecule has 0 unspecified atom stereocenters. The van der Waals surface area contributed by atoms with E-state index >= 15 is 4.39 Å². The fourth-order valence-corrected chi connectivity index (χ4v) is 6.73. The van der Waals surface area contributed by atoms with Crippen LogP contribution in [-0.2, 0) is 17.9 Å². The Morgan fingerprint density at radius 3 is 2.59 bits per heavy atom. The predicted octanol–water partition coefficient (Wildman–Crippen LogP) is 5.78. The SMILES string of the molecule is COc1cccc(F)c1CN1C[C@H](CC(=O)c2ccc3c(c2)C(c2ccncc2)=NC3)CC[C@H]1C(=O)N1CCC(C)(F)CC1. The molecule has 4 heterocycles. The number of carbonyl (C=O) groups is 2. The summed E-state index contributed by atoms with van der Waals surface area (Å²) in [6, 6.07) is 13.9. The number of pyridine rings is 1. The van der Waals surface area contributed by atoms with E-state index in [2.05, 4.69) is 4.98 Å². The summed E-state index contributed by atoms with van der Waals surface area (Å²) in [4.78, 5) is 39.9. The van der Waals surface area contributed by atoms with Gasteiger partial charge in [0.1, 0.15) is 17.2 Å². The molecule has 3 aromatic rings. The van der Waals surface area contributed by atoms with Crippen molar-refractivity contribution < 1.29 is 23.1 Å². The van der Waals surface area contributed by atoms with Gasteiger partial charge in [-0.1, -0.05) is 18.2 Å². The van der Waals surface area contributed by atoms with Crippen molar-refractivity contribution in [3.8, 4) is 5.75 Å². The molecule has 1 aromatic heterocycles. The largest absolute Gasteiger partial charge is 0.496 e. The fourth-order valence-electron chi connectivity index (χ4n) is 6.73. The summed E-state index contributed by atoms with van der Waals surface area (Å²) >= 11 is 0. The van der Waals surface area contributed by atoms with Crippen LogP contribution in [0.15, 0.2) is 65.9 Å². The molecular formula is C35H38F2N4O3. The Hall–Kier alpha value is -3.98. The molecule has 2 fully saturated rings. The molecule has 230 valence electrons. The first-order valence-corrected chi connectivity index (χ1v) is 15.4. The average molecular weight is 601 g/mol. The summed E-state index contributed by atoms with van der Waals surface area (Å²) in [5, 5.41) is 0. The van der Waals surface area contributed by atoms with Crippen LogP contribution in [0.5, 0.6) is 5.75 Å². The number of ether oxygens (including phenoxy) is 1. The molecule has 7 nitrogen and oxygen atoms in total. The Labute approximate surface area is 256 Å². The van der Waals surface area contributed by atoms with Crippen molar-refractivity contribution >= 4 is 17.4 Å². The van der Waals surface area contributed by atoms with Crippen molar-refractivity contribution in [1.29, 1.82) is 0 Å². The van der Waals surface area contributed by atoms with Crippen LogP contribution in [0.3, 0.4) is 0 Å². The molecule has 2 aromatic carbocycles. The van der Waals surface area contributed by atoms with Gasteiger partial charge in [0.25, 0.3) is 0 Å². The molecule has 0 radical (unpaired) electrons. The maximum absolute atomic E-state index is 15.0. The summed E-state index contributed by atoms with van der Waals surface area (Å²) in [7, 11) is 1.50. The first kappa shape index (κ1) is 30.1. The van der Waals surface area contributed by atoms with Crippen LogP contribution >= 0.6 is 0 Å². The van der Waals surface area contributed by atoms with Crippen LogP contribution in [0.4, 0.5) is 8.78 Å². The molecular weight excluding hydrogens is 562 g/mol. The van der Waals surface area contributed by atoms with Crippen molar-refractivity contribution in [2.24, 2.45) is 10.9 Å². The summed E-state index contributed by atoms with van der Waals surface area (Å²) in [5.74, 6) is -0.0103. The lowest BCUT2D eigenvalue weighted by molar-refractivity contribution is -0.141. The fraction of sp³-hybridized carbons (Fsp3) is 0.429. The number of alkyl halides is 1. The second-order valence-electron chi connectivity index (χ2n) is 12.4. The lowest BCUT2D eigenvalue weighted by Gasteiger charge is -2.43. The third kappa shape index (κ3) is 6.29. The zero-order chi connectivity index (χ0) is 30.8. The molecule has 2 atom stereocenters. The normalized spacial score (nSPS) is 21.5. The number of carbonyl (C=O) groups excluding carboxylic acids is 2. The highest BCUT2D eigenvalue weighted by molar-refractivity contribution is 6.16. The van der Waals surface area contributed by atoms with Gasteiger partial charge in [0.05, 0.1) is 25.4 Å². The lowest BCUT2D eigenvalue weighted by atomic mass is 9.86. The van der Waals surface area contributed by atoms with Gasteiger partial charge < -0.3 is 9.64 Å². The minimum atomic E-state index is -1.27. The van der Waals surface area contributed by atoms with E-state index in [1.165, 1.54) is 13.2 Å². The number of halogens is 2. The number of likely N-dealkylation sites (tertiary alicyclic amines) is 2. The smallest absolute Gasteiger partial charge is 0.239 e. The second kappa shape index (κ2) is 12.6. The summed E-state index contributed by atoms with van der Waals surface area (Å²) in [6.07, 6.45) is 5.62. The molecule has 3 aliphatic rings. The van der Waals surface area contributed by atoms with Crippen LogP contribution < -0.4 is 4.74 Å². The van der Waals surface area contributed by atoms with Gasteiger partial charge in [0, 0.05) is 67.2 Å². The molecule has 2 saturated heterocycles.